The number of thiol groups is 1. The molecule has 4 aliphatic carbocycles. The molecule has 0 aromatic carbocycles. The molecule has 0 radical (unpaired) electrons. The molecule has 1 saturated heterocycles. The van der Waals surface area contributed by atoms with Gasteiger partial charge in [0.2, 0.25) is 0 Å². The molecule has 55 heavy (non-hydrogen) atoms. The number of rotatable bonds is 14. The summed E-state index contributed by atoms with van der Waals surface area (Å²) in [6.45, 7) is 20.6. The van der Waals surface area contributed by atoms with Crippen LogP contribution in [0, 0.1) is 21.7 Å². The van der Waals surface area contributed by atoms with Crippen LogP contribution in [-0.4, -0.2) is 50.8 Å². The molecule has 0 aromatic heterocycles. The maximum atomic E-state index is 4.00. The fourth-order valence-corrected chi connectivity index (χ4v) is 17.0. The van der Waals surface area contributed by atoms with Gasteiger partial charge in [0.1, 0.15) is 0 Å². The van der Waals surface area contributed by atoms with Crippen LogP contribution in [0.3, 0.4) is 0 Å². The van der Waals surface area contributed by atoms with Crippen LogP contribution < -0.4 is 0 Å². The van der Waals surface area contributed by atoms with E-state index in [1.165, 1.54) is 149 Å². The third-order valence-corrected chi connectivity index (χ3v) is 21.8. The highest BCUT2D eigenvalue weighted by Crippen LogP contribution is 2.46. The van der Waals surface area contributed by atoms with Crippen LogP contribution in [0.4, 0.5) is 0 Å². The summed E-state index contributed by atoms with van der Waals surface area (Å²) >= 11 is 6.11. The Balaban J connectivity index is 0.000000355. The predicted octanol–water partition coefficient (Wildman–Crippen LogP) is 18.5. The van der Waals surface area contributed by atoms with Gasteiger partial charge in [-0.25, -0.2) is 0 Å². The van der Waals surface area contributed by atoms with Crippen molar-refractivity contribution in [2.45, 2.75) is 176 Å². The van der Waals surface area contributed by atoms with Crippen molar-refractivity contribution < 1.29 is 0 Å². The van der Waals surface area contributed by atoms with Gasteiger partial charge in [0.15, 0.2) is 0 Å². The first-order valence-corrected chi connectivity index (χ1v) is 31.1. The average Bonchev–Trinajstić information content (AvgIpc) is 4.04. The molecule has 322 valence electrons. The molecule has 1 aliphatic heterocycles. The van der Waals surface area contributed by atoms with Crippen LogP contribution in [0.2, 0.25) is 0 Å². The smallest absolute Gasteiger partial charge is 0.0108 e. The molecular weight excluding hydrogens is 821 g/mol. The second-order valence-electron chi connectivity index (χ2n) is 17.4. The summed E-state index contributed by atoms with van der Waals surface area (Å²) in [4.78, 5) is 0. The van der Waals surface area contributed by atoms with E-state index < -0.39 is 0 Å². The molecule has 0 saturated carbocycles. The van der Waals surface area contributed by atoms with E-state index in [0.29, 0.717) is 26.4 Å². The highest BCUT2D eigenvalue weighted by Gasteiger charge is 2.32. The quantitative estimate of drug-likeness (QED) is 0.0788. The van der Waals surface area contributed by atoms with Gasteiger partial charge in [-0.05, 0) is 124 Å². The molecule has 1 heterocycles. The summed E-state index contributed by atoms with van der Waals surface area (Å²) in [6, 6.07) is 0. The molecule has 0 nitrogen and oxygen atoms in total. The van der Waals surface area contributed by atoms with E-state index in [1.807, 2.05) is 0 Å². The Hall–Kier alpha value is 1.76. The van der Waals surface area contributed by atoms with E-state index in [2.05, 4.69) is 200 Å². The first-order valence-electron chi connectivity index (χ1n) is 22.0. The van der Waals surface area contributed by atoms with E-state index >= 15 is 0 Å². The lowest BCUT2D eigenvalue weighted by molar-refractivity contribution is 0.285. The van der Waals surface area contributed by atoms with Crippen molar-refractivity contribution in [3.8, 4) is 0 Å². The lowest BCUT2D eigenvalue weighted by atomic mass is 9.80. The SMILES string of the molecule is C1=CCC2(C1)CSSCCCSSC2.CCC1(CC)CC=CC1.CCC1(CSC(C)(C)C)CC=CC1.CCCCS.CCCCSSCC1(CC)CC=CC1. The molecule has 5 aliphatic rings. The number of hydrogen-bond acceptors (Lipinski definition) is 8. The van der Waals surface area contributed by atoms with E-state index in [1.54, 1.807) is 0 Å². The summed E-state index contributed by atoms with van der Waals surface area (Å²) < 4.78 is 0.421. The van der Waals surface area contributed by atoms with Crippen molar-refractivity contribution in [1.82, 2.24) is 0 Å². The normalized spacial score (nSPS) is 21.4. The maximum Gasteiger partial charge on any atom is 0.0108 e. The monoisotopic (exact) mass is 906 g/mol. The van der Waals surface area contributed by atoms with Gasteiger partial charge in [0.05, 0.1) is 0 Å². The van der Waals surface area contributed by atoms with Crippen LogP contribution in [0.5, 0.6) is 0 Å². The van der Waals surface area contributed by atoms with E-state index in [9.17, 15) is 0 Å². The minimum Gasteiger partial charge on any atom is -0.179 e. The maximum absolute atomic E-state index is 4.00. The zero-order valence-electron chi connectivity index (χ0n) is 37.1. The van der Waals surface area contributed by atoms with Crippen LogP contribution >= 0.6 is 89.2 Å². The van der Waals surface area contributed by atoms with E-state index in [-0.39, 0.29) is 0 Å². The van der Waals surface area contributed by atoms with Gasteiger partial charge in [0.25, 0.3) is 0 Å². The summed E-state index contributed by atoms with van der Waals surface area (Å²) in [5.74, 6) is 10.4. The second kappa shape index (κ2) is 32.5. The van der Waals surface area contributed by atoms with Crippen LogP contribution in [0.25, 0.3) is 0 Å². The minimum absolute atomic E-state index is 0.421. The summed E-state index contributed by atoms with van der Waals surface area (Å²) in [5.41, 5.74) is 2.48. The van der Waals surface area contributed by atoms with Gasteiger partial charge >= 0.3 is 0 Å². The van der Waals surface area contributed by atoms with Crippen molar-refractivity contribution >= 4 is 89.2 Å². The first kappa shape index (κ1) is 54.8. The van der Waals surface area contributed by atoms with Crippen molar-refractivity contribution in [3.05, 3.63) is 48.6 Å². The minimum atomic E-state index is 0.421. The Morgan fingerprint density at radius 1 is 0.527 bits per heavy atom. The molecule has 1 fully saturated rings. The molecule has 0 N–H and O–H groups in total. The average molecular weight is 908 g/mol. The Morgan fingerprint density at radius 2 is 0.945 bits per heavy atom. The van der Waals surface area contributed by atoms with Crippen LogP contribution in [0.15, 0.2) is 48.6 Å². The molecule has 5 rings (SSSR count). The van der Waals surface area contributed by atoms with Gasteiger partial charge in [-0.3, -0.25) is 0 Å². The number of unbranched alkanes of at least 4 members (excludes halogenated alkanes) is 2. The molecule has 0 atom stereocenters. The molecule has 1 spiro atoms. The van der Waals surface area contributed by atoms with Crippen molar-refractivity contribution in [2.24, 2.45) is 21.7 Å². The fraction of sp³-hybridized carbons (Fsp3) is 0.830. The van der Waals surface area contributed by atoms with Crippen molar-refractivity contribution in [3.63, 3.8) is 0 Å². The number of hydrogen-bond donors (Lipinski definition) is 1. The molecule has 0 amide bonds. The Labute approximate surface area is 378 Å². The molecule has 8 heteroatoms. The predicted molar refractivity (Wildman–Crippen MR) is 280 cm³/mol. The Kier molecular flexibility index (Phi) is 32.3. The summed E-state index contributed by atoms with van der Waals surface area (Å²) in [7, 11) is 12.5. The highest BCUT2D eigenvalue weighted by atomic mass is 33.1. The summed E-state index contributed by atoms with van der Waals surface area (Å²) in [5, 5.41) is 0. The number of allylic oxidation sites excluding steroid dienone is 8. The van der Waals surface area contributed by atoms with Gasteiger partial charge < -0.3 is 0 Å². The van der Waals surface area contributed by atoms with Crippen LogP contribution in [0.1, 0.15) is 171 Å². The standard InChI is InChI=1S/C12H22S2.C12H22S.C10H16S4.C9H16.C4H10S/c1-3-5-10-13-14-11-12(4-2)8-6-7-9-12;1-5-12(8-6-7-9-12)10-13-11(2,3)4;1-2-5-10(4-1)8-13-11-6-3-7-12-14-9-10;1-3-9(4-2)7-5-6-8-9;1-2-3-4-5/h6-7H,3-5,8-11H2,1-2H3;6-7H,5,8-10H2,1-4H3;1-2H,3-9H2;5-6H,3-4,7-8H2,1-2H3;5H,2-4H2,1H3. The third-order valence-electron chi connectivity index (χ3n) is 11.8. The van der Waals surface area contributed by atoms with Crippen LogP contribution in [-0.2, 0) is 0 Å². The zero-order chi connectivity index (χ0) is 40.8. The Bertz CT molecular complexity index is 990. The van der Waals surface area contributed by atoms with E-state index in [0.717, 1.165) is 5.75 Å². The van der Waals surface area contributed by atoms with E-state index in [4.69, 9.17) is 0 Å². The second-order valence-corrected chi connectivity index (χ2v) is 27.4. The number of thioether (sulfide) groups is 1. The largest absolute Gasteiger partial charge is 0.179 e. The van der Waals surface area contributed by atoms with Gasteiger partial charge in [-0.2, -0.15) is 24.4 Å². The van der Waals surface area contributed by atoms with Gasteiger partial charge in [-0.15, -0.1) is 0 Å². The fourth-order valence-electron chi connectivity index (χ4n) is 6.71. The lowest BCUT2D eigenvalue weighted by Crippen LogP contribution is -2.22. The summed E-state index contributed by atoms with van der Waals surface area (Å²) in [6.07, 6.45) is 41.3. The zero-order valence-corrected chi connectivity index (χ0v) is 43.7. The topological polar surface area (TPSA) is 0 Å². The first-order chi connectivity index (χ1) is 26.5. The van der Waals surface area contributed by atoms with Gasteiger partial charge in [-0.1, -0.05) is 189 Å². The molecule has 0 unspecified atom stereocenters. The van der Waals surface area contributed by atoms with Crippen molar-refractivity contribution in [2.75, 3.05) is 46.0 Å². The molecule has 0 bridgehead atoms. The lowest BCUT2D eigenvalue weighted by Gasteiger charge is -2.30. The third kappa shape index (κ3) is 24.7. The highest BCUT2D eigenvalue weighted by molar-refractivity contribution is 8.77. The molecular formula is C47H86S8. The van der Waals surface area contributed by atoms with Gasteiger partial charge in [0, 0.05) is 45.0 Å². The van der Waals surface area contributed by atoms with Crippen molar-refractivity contribution in [1.29, 1.82) is 0 Å². The Morgan fingerprint density at radius 3 is 1.31 bits per heavy atom. The molecule has 0 aromatic rings.